The summed E-state index contributed by atoms with van der Waals surface area (Å²) >= 11 is 1.56. The minimum atomic E-state index is -0.0134. The number of methoxy groups -OCH3 is 1. The lowest BCUT2D eigenvalue weighted by Gasteiger charge is -2.29. The van der Waals surface area contributed by atoms with Crippen molar-refractivity contribution in [2.75, 3.05) is 20.3 Å². The van der Waals surface area contributed by atoms with Crippen LogP contribution in [0.1, 0.15) is 88.5 Å². The zero-order chi connectivity index (χ0) is 28.2. The van der Waals surface area contributed by atoms with E-state index >= 15 is 0 Å². The molecule has 38 heavy (non-hydrogen) atoms. The summed E-state index contributed by atoms with van der Waals surface area (Å²) in [5.74, 6) is 4.36. The molecule has 0 radical (unpaired) electrons. The number of rotatable bonds is 6. The van der Waals surface area contributed by atoms with Crippen molar-refractivity contribution in [2.45, 2.75) is 86.1 Å². The Kier molecular flexibility index (Phi) is 13.5. The van der Waals surface area contributed by atoms with Gasteiger partial charge in [-0.2, -0.15) is 0 Å². The van der Waals surface area contributed by atoms with Crippen molar-refractivity contribution in [1.82, 2.24) is 10.3 Å². The predicted octanol–water partition coefficient (Wildman–Crippen LogP) is 6.36. The second-order valence-corrected chi connectivity index (χ2v) is 11.5. The first-order valence-corrected chi connectivity index (χ1v) is 15.2. The number of hydrogen-bond acceptors (Lipinski definition) is 6. The molecular formula is C30H49N3O4S. The minimum absolute atomic E-state index is 0.0134. The number of nitrogens with two attached hydrogens (primary N) is 1. The molecular weight excluding hydrogens is 498 g/mol. The van der Waals surface area contributed by atoms with E-state index in [0.29, 0.717) is 29.2 Å². The second kappa shape index (κ2) is 16.0. The van der Waals surface area contributed by atoms with E-state index in [1.54, 1.807) is 18.4 Å². The number of nitrogens with zero attached hydrogens (tertiary/aromatic N) is 1. The number of fused-ring (bicyclic) bond motifs is 3. The summed E-state index contributed by atoms with van der Waals surface area (Å²) in [6.07, 6.45) is 8.06. The number of carbonyl (C=O) groups excluding carboxylic acids is 2. The van der Waals surface area contributed by atoms with Crippen molar-refractivity contribution in [2.24, 2.45) is 35.3 Å². The van der Waals surface area contributed by atoms with Crippen LogP contribution >= 0.6 is 11.3 Å². The van der Waals surface area contributed by atoms with Crippen LogP contribution in [0, 0.1) is 36.5 Å². The number of aromatic nitrogens is 1. The molecule has 1 aromatic carbocycles. The summed E-state index contributed by atoms with van der Waals surface area (Å²) in [5.41, 5.74) is 5.69. The number of benzene rings is 1. The molecule has 2 saturated carbocycles. The van der Waals surface area contributed by atoms with E-state index in [4.69, 9.17) is 14.3 Å². The van der Waals surface area contributed by atoms with Crippen molar-refractivity contribution in [1.29, 1.82) is 0 Å². The van der Waals surface area contributed by atoms with Crippen molar-refractivity contribution in [3.8, 4) is 5.75 Å². The minimum Gasteiger partial charge on any atom is -0.496 e. The quantitative estimate of drug-likeness (QED) is 0.409. The van der Waals surface area contributed by atoms with Crippen molar-refractivity contribution < 1.29 is 19.1 Å². The predicted molar refractivity (Wildman–Crippen MR) is 157 cm³/mol. The highest BCUT2D eigenvalue weighted by molar-refractivity contribution is 7.19. The number of amides is 2. The molecule has 1 aliphatic heterocycles. The molecule has 2 heterocycles. The summed E-state index contributed by atoms with van der Waals surface area (Å²) in [4.78, 5) is 26.1. The summed E-state index contributed by atoms with van der Waals surface area (Å²) in [6, 6.07) is 4.07. The van der Waals surface area contributed by atoms with Crippen LogP contribution in [0.25, 0.3) is 10.2 Å². The Morgan fingerprint density at radius 2 is 1.87 bits per heavy atom. The van der Waals surface area contributed by atoms with Gasteiger partial charge in [0.15, 0.2) is 0 Å². The van der Waals surface area contributed by atoms with Gasteiger partial charge in [0.05, 0.1) is 22.3 Å². The lowest BCUT2D eigenvalue weighted by Crippen LogP contribution is -2.43. The maximum Gasteiger partial charge on any atom is 0.256 e. The molecule has 6 atom stereocenters. The van der Waals surface area contributed by atoms with E-state index in [1.165, 1.54) is 38.5 Å². The molecule has 7 nitrogen and oxygen atoms in total. The zero-order valence-electron chi connectivity index (χ0n) is 24.4. The third-order valence-corrected chi connectivity index (χ3v) is 9.22. The Labute approximate surface area is 233 Å². The Balaban J connectivity index is 0.000000283. The maximum atomic E-state index is 13.0. The summed E-state index contributed by atoms with van der Waals surface area (Å²) in [7, 11) is 1.62. The van der Waals surface area contributed by atoms with Crippen LogP contribution in [0.3, 0.4) is 0 Å². The highest BCUT2D eigenvalue weighted by Gasteiger charge is 2.46. The van der Waals surface area contributed by atoms with Gasteiger partial charge in [0.25, 0.3) is 5.91 Å². The summed E-state index contributed by atoms with van der Waals surface area (Å²) < 4.78 is 11.8. The molecule has 4 unspecified atom stereocenters. The molecule has 2 bridgehead atoms. The van der Waals surface area contributed by atoms with Crippen LogP contribution in [-0.4, -0.2) is 43.7 Å². The first kappa shape index (κ1) is 32.0. The first-order valence-electron chi connectivity index (χ1n) is 14.4. The lowest BCUT2D eigenvalue weighted by atomic mass is 9.86. The summed E-state index contributed by atoms with van der Waals surface area (Å²) in [6.45, 7) is 14.8. The van der Waals surface area contributed by atoms with Crippen molar-refractivity contribution >= 4 is 33.9 Å². The highest BCUT2D eigenvalue weighted by atomic mass is 32.1. The Morgan fingerprint density at radius 1 is 1.21 bits per heavy atom. The zero-order valence-corrected chi connectivity index (χ0v) is 25.2. The fourth-order valence-electron chi connectivity index (χ4n) is 6.31. The normalized spacial score (nSPS) is 26.8. The maximum absolute atomic E-state index is 13.0. The lowest BCUT2D eigenvalue weighted by molar-refractivity contribution is -0.106. The van der Waals surface area contributed by atoms with E-state index in [0.717, 1.165) is 46.2 Å². The SMILES string of the molecule is CC.CCC[C@@H]1COC[C@@H]1CC.COc1ccc2nc(C)sc2c1C(=O)NC1C2CCC(C2)C1C.NC=O. The van der Waals surface area contributed by atoms with Gasteiger partial charge < -0.3 is 20.5 Å². The van der Waals surface area contributed by atoms with E-state index in [1.807, 2.05) is 32.9 Å². The average molecular weight is 548 g/mol. The van der Waals surface area contributed by atoms with E-state index in [-0.39, 0.29) is 12.3 Å². The van der Waals surface area contributed by atoms with E-state index in [2.05, 4.69) is 36.8 Å². The molecule has 3 fully saturated rings. The molecule has 8 heteroatoms. The number of aryl methyl sites for hydroxylation is 1. The Bertz CT molecular complexity index is 1010. The molecule has 3 aliphatic rings. The van der Waals surface area contributed by atoms with Gasteiger partial charge in [0, 0.05) is 19.3 Å². The smallest absolute Gasteiger partial charge is 0.256 e. The number of primary amides is 1. The molecule has 2 aliphatic carbocycles. The number of carbonyl (C=O) groups is 2. The molecule has 1 aromatic heterocycles. The number of hydrogen-bond donors (Lipinski definition) is 2. The highest BCUT2D eigenvalue weighted by Crippen LogP contribution is 2.48. The van der Waals surface area contributed by atoms with Crippen LogP contribution in [0.15, 0.2) is 12.1 Å². The molecule has 2 amide bonds. The molecule has 0 spiro atoms. The van der Waals surface area contributed by atoms with Crippen molar-refractivity contribution in [3.05, 3.63) is 22.7 Å². The third kappa shape index (κ3) is 7.69. The van der Waals surface area contributed by atoms with Crippen LogP contribution in [0.5, 0.6) is 5.75 Å². The number of thiazole rings is 1. The largest absolute Gasteiger partial charge is 0.496 e. The van der Waals surface area contributed by atoms with Gasteiger partial charge in [0.1, 0.15) is 11.3 Å². The molecule has 2 aromatic rings. The third-order valence-electron chi connectivity index (χ3n) is 8.22. The molecule has 3 N–H and O–H groups in total. The second-order valence-electron chi connectivity index (χ2n) is 10.3. The Morgan fingerprint density at radius 3 is 2.45 bits per heavy atom. The van der Waals surface area contributed by atoms with Crippen molar-refractivity contribution in [3.63, 3.8) is 0 Å². The first-order chi connectivity index (χ1) is 18.4. The van der Waals surface area contributed by atoms with Gasteiger partial charge in [0.2, 0.25) is 6.41 Å². The van der Waals surface area contributed by atoms with Crippen LogP contribution in [-0.2, 0) is 9.53 Å². The average Bonchev–Trinajstić information content (AvgIpc) is 3.71. The molecule has 214 valence electrons. The van der Waals surface area contributed by atoms with Gasteiger partial charge in [-0.1, -0.05) is 47.5 Å². The van der Waals surface area contributed by atoms with E-state index < -0.39 is 0 Å². The summed E-state index contributed by atoms with van der Waals surface area (Å²) in [5, 5.41) is 4.28. The number of nitrogens with one attached hydrogen (secondary N) is 1. The topological polar surface area (TPSA) is 104 Å². The van der Waals surface area contributed by atoms with Gasteiger partial charge in [-0.05, 0) is 74.3 Å². The Hall–Kier alpha value is -2.19. The van der Waals surface area contributed by atoms with Gasteiger partial charge in [-0.25, -0.2) is 4.98 Å². The molecule has 1 saturated heterocycles. The van der Waals surface area contributed by atoms with Gasteiger partial charge in [-0.3, -0.25) is 9.59 Å². The number of ether oxygens (including phenoxy) is 2. The fourth-order valence-corrected chi connectivity index (χ4v) is 7.26. The van der Waals surface area contributed by atoms with Gasteiger partial charge >= 0.3 is 0 Å². The standard InChI is InChI=1S/C18H22N2O2S.C9H18O.C2H6.CH3NO/c1-9-11-4-5-12(8-11)16(9)20-18(21)15-14(22-3)7-6-13-17(15)23-10(2)19-13;1-3-5-9-7-10-6-8(9)4-2;1-2;2-1-3/h6-7,9,11-12,16H,4-5,8H2,1-3H3,(H,20,21);8-9H,3-7H2,1-2H3;1-2H3;1H,(H2,2,3)/t;8-,9+;;/m.0../s1. The fraction of sp³-hybridized carbons (Fsp3) is 0.700. The van der Waals surface area contributed by atoms with Gasteiger partial charge in [-0.15, -0.1) is 11.3 Å². The monoisotopic (exact) mass is 547 g/mol. The van der Waals surface area contributed by atoms with Crippen LogP contribution in [0.4, 0.5) is 0 Å². The van der Waals surface area contributed by atoms with Crippen LogP contribution < -0.4 is 15.8 Å². The molecule has 5 rings (SSSR count). The van der Waals surface area contributed by atoms with E-state index in [9.17, 15) is 4.79 Å². The van der Waals surface area contributed by atoms with Crippen LogP contribution in [0.2, 0.25) is 0 Å².